The second-order valence-corrected chi connectivity index (χ2v) is 10.1. The number of fused-ring (bicyclic) bond motifs is 2. The van der Waals surface area contributed by atoms with E-state index in [2.05, 4.69) is 86.0 Å². The van der Waals surface area contributed by atoms with E-state index in [9.17, 15) is 0 Å². The van der Waals surface area contributed by atoms with Gasteiger partial charge in [-0.15, -0.1) is 60.0 Å². The maximum atomic E-state index is 4.93. The predicted octanol–water partition coefficient (Wildman–Crippen LogP) is 8.56. The Hall–Kier alpha value is -1.40. The topological polar surface area (TPSA) is 0 Å². The summed E-state index contributed by atoms with van der Waals surface area (Å²) in [6.07, 6.45) is 0. The second-order valence-electron chi connectivity index (χ2n) is 6.38. The molecule has 3 heteroatoms. The summed E-state index contributed by atoms with van der Waals surface area (Å²) < 4.78 is 0. The van der Waals surface area contributed by atoms with Gasteiger partial charge in [-0.2, -0.15) is 13.0 Å². The Balaban J connectivity index is 0.000000170. The van der Waals surface area contributed by atoms with Gasteiger partial charge in [0.1, 0.15) is 0 Å². The number of hydrogen-bond acceptors (Lipinski definition) is 0. The molecule has 0 aliphatic heterocycles. The molecule has 4 aromatic carbocycles. The van der Waals surface area contributed by atoms with Crippen molar-refractivity contribution in [3.8, 4) is 0 Å². The van der Waals surface area contributed by atoms with E-state index >= 15 is 0 Å². The van der Waals surface area contributed by atoms with Gasteiger partial charge in [-0.05, 0) is 6.92 Å². The first-order chi connectivity index (χ1) is 13.0. The Morgan fingerprint density at radius 1 is 0.963 bits per heavy atom. The summed E-state index contributed by atoms with van der Waals surface area (Å²) in [6, 6.07) is 25.5. The molecule has 0 atom stereocenters. The first-order valence-corrected chi connectivity index (χ1v) is 14.9. The Labute approximate surface area is 180 Å². The van der Waals surface area contributed by atoms with E-state index in [0.29, 0.717) is 0 Å². The van der Waals surface area contributed by atoms with Crippen molar-refractivity contribution in [1.82, 2.24) is 0 Å². The van der Waals surface area contributed by atoms with Crippen LogP contribution in [0.2, 0.25) is 0 Å². The number of hydrogen-bond donors (Lipinski definition) is 0. The summed E-state index contributed by atoms with van der Waals surface area (Å²) >= 11 is -0.826. The molecule has 0 fully saturated rings. The van der Waals surface area contributed by atoms with Crippen molar-refractivity contribution in [2.45, 2.75) is 13.8 Å². The van der Waals surface area contributed by atoms with Crippen LogP contribution in [-0.4, -0.2) is 0 Å². The predicted molar refractivity (Wildman–Crippen MR) is 120 cm³/mol. The molecule has 0 bridgehead atoms. The molecule has 0 nitrogen and oxygen atoms in total. The molecule has 0 aliphatic rings. The van der Waals surface area contributed by atoms with Gasteiger partial charge < -0.3 is 46.7 Å². The summed E-state index contributed by atoms with van der Waals surface area (Å²) in [4.78, 5) is 0. The van der Waals surface area contributed by atoms with Crippen molar-refractivity contribution in [3.63, 3.8) is 0 Å². The zero-order chi connectivity index (χ0) is 19.8. The zero-order valence-electron chi connectivity index (χ0n) is 15.6. The Kier molecular flexibility index (Phi) is 8.77. The Morgan fingerprint density at radius 2 is 1.52 bits per heavy atom. The van der Waals surface area contributed by atoms with Crippen LogP contribution in [0.5, 0.6) is 0 Å². The van der Waals surface area contributed by atoms with E-state index in [4.69, 9.17) is 17.0 Å². The van der Waals surface area contributed by atoms with E-state index in [0.717, 1.165) is 11.1 Å². The summed E-state index contributed by atoms with van der Waals surface area (Å²) in [6.45, 7) is 11.9. The van der Waals surface area contributed by atoms with Gasteiger partial charge >= 0.3 is 37.9 Å². The maximum absolute atomic E-state index is 4.93. The molecule has 4 aromatic rings. The van der Waals surface area contributed by atoms with Gasteiger partial charge in [-0.3, -0.25) is 0 Å². The number of rotatable bonds is 2. The van der Waals surface area contributed by atoms with Gasteiger partial charge in [0.05, 0.1) is 0 Å². The van der Waals surface area contributed by atoms with Crippen molar-refractivity contribution >= 4 is 49.7 Å². The van der Waals surface area contributed by atoms with Crippen LogP contribution in [0.25, 0.3) is 32.7 Å². The SMILES string of the molecule is C=C(C)[c-]1[cH-][c-]2cccc[c-]2[cH-]1.C=C(C)c1cc2cccc[c-]2c1.[Cl][Zr][Cl]. The third kappa shape index (κ3) is 6.32. The minimum atomic E-state index is -0.826. The van der Waals surface area contributed by atoms with E-state index in [1.165, 1.54) is 32.7 Å². The van der Waals surface area contributed by atoms with Crippen molar-refractivity contribution in [1.29, 1.82) is 0 Å². The molecule has 0 spiro atoms. The van der Waals surface area contributed by atoms with Crippen LogP contribution in [-0.2, 0) is 20.8 Å². The fourth-order valence-electron chi connectivity index (χ4n) is 2.79. The molecule has 4 rings (SSSR count). The molecule has 0 aliphatic carbocycles. The van der Waals surface area contributed by atoms with Crippen LogP contribution in [0.15, 0.2) is 86.0 Å². The molecule has 0 N–H and O–H groups in total. The number of halogens is 2. The molecule has 0 radical (unpaired) electrons. The second kappa shape index (κ2) is 10.8. The first kappa shape index (κ1) is 21.9. The van der Waals surface area contributed by atoms with Crippen LogP contribution in [0.4, 0.5) is 0 Å². The van der Waals surface area contributed by atoms with E-state index in [-0.39, 0.29) is 0 Å². The monoisotopic (exact) mass is 470 g/mol. The van der Waals surface area contributed by atoms with Crippen molar-refractivity contribution < 1.29 is 20.8 Å². The Bertz CT molecular complexity index is 887. The zero-order valence-corrected chi connectivity index (χ0v) is 19.6. The molecule has 0 aromatic heterocycles. The normalized spacial score (nSPS) is 9.78. The van der Waals surface area contributed by atoms with Gasteiger partial charge in [0, 0.05) is 0 Å². The fourth-order valence-corrected chi connectivity index (χ4v) is 2.79. The molecule has 0 saturated carbocycles. The fraction of sp³-hybridized carbons (Fsp3) is 0.0833. The molecule has 0 amide bonds. The van der Waals surface area contributed by atoms with Crippen LogP contribution in [0, 0.1) is 0 Å². The average molecular weight is 473 g/mol. The third-order valence-corrected chi connectivity index (χ3v) is 4.22. The van der Waals surface area contributed by atoms with Crippen molar-refractivity contribution in [2.24, 2.45) is 0 Å². The summed E-state index contributed by atoms with van der Waals surface area (Å²) in [5.74, 6) is 0. The number of allylic oxidation sites excluding steroid dienone is 2. The molecule has 0 heterocycles. The van der Waals surface area contributed by atoms with E-state index < -0.39 is 20.8 Å². The Morgan fingerprint density at radius 3 is 2.00 bits per heavy atom. The third-order valence-electron chi connectivity index (χ3n) is 4.22. The average Bonchev–Trinajstić information content (AvgIpc) is 3.27. The minimum absolute atomic E-state index is 0.826. The molecular weight excluding hydrogens is 450 g/mol. The van der Waals surface area contributed by atoms with Gasteiger partial charge in [0.15, 0.2) is 0 Å². The van der Waals surface area contributed by atoms with Crippen LogP contribution in [0.3, 0.4) is 0 Å². The van der Waals surface area contributed by atoms with Crippen LogP contribution >= 0.6 is 17.0 Å². The van der Waals surface area contributed by atoms with E-state index in [1.54, 1.807) is 0 Å². The van der Waals surface area contributed by atoms with Crippen molar-refractivity contribution in [2.75, 3.05) is 0 Å². The van der Waals surface area contributed by atoms with Crippen LogP contribution < -0.4 is 0 Å². The van der Waals surface area contributed by atoms with Gasteiger partial charge in [-0.25, -0.2) is 6.07 Å². The number of benzene rings is 2. The van der Waals surface area contributed by atoms with Crippen molar-refractivity contribution in [3.05, 3.63) is 97.1 Å². The summed E-state index contributed by atoms with van der Waals surface area (Å²) in [5, 5.41) is 5.21. The summed E-state index contributed by atoms with van der Waals surface area (Å²) in [5.41, 5.74) is 4.75. The van der Waals surface area contributed by atoms with E-state index in [1.807, 2.05) is 13.8 Å². The first-order valence-electron chi connectivity index (χ1n) is 8.55. The quantitative estimate of drug-likeness (QED) is 0.256. The molecular formula is C24H22Cl2Zr-6. The van der Waals surface area contributed by atoms with Gasteiger partial charge in [0.25, 0.3) is 0 Å². The standard InChI is InChI=1S/2C12H11.2ClH.Zr/c2*1-9(2)12-7-10-5-3-4-6-11(10)8-12;;;/h2*3-8H,1H2,2H3;2*1H;/q-5;-1;;;+2/p-2. The molecule has 0 unspecified atom stereocenters. The molecule has 0 saturated heterocycles. The summed E-state index contributed by atoms with van der Waals surface area (Å²) in [7, 11) is 9.87. The molecule has 27 heavy (non-hydrogen) atoms. The van der Waals surface area contributed by atoms with Gasteiger partial charge in [-0.1, -0.05) is 11.0 Å². The van der Waals surface area contributed by atoms with Gasteiger partial charge in [0.2, 0.25) is 0 Å². The molecule has 142 valence electrons. The van der Waals surface area contributed by atoms with Crippen LogP contribution in [0.1, 0.15) is 25.0 Å².